The van der Waals surface area contributed by atoms with Gasteiger partial charge in [0.05, 0.1) is 12.5 Å². The summed E-state index contributed by atoms with van der Waals surface area (Å²) in [6.45, 7) is 1.79. The molecule has 1 heterocycles. The number of nitrogens with one attached hydrogen (secondary N) is 2. The lowest BCUT2D eigenvalue weighted by Crippen LogP contribution is -2.40. The molecule has 2 amide bonds. The average Bonchev–Trinajstić information content (AvgIpc) is 2.58. The molecule has 0 aliphatic rings. The van der Waals surface area contributed by atoms with E-state index in [1.165, 1.54) is 0 Å². The molecule has 0 saturated heterocycles. The van der Waals surface area contributed by atoms with Crippen molar-refractivity contribution in [1.29, 1.82) is 0 Å². The van der Waals surface area contributed by atoms with Gasteiger partial charge in [0, 0.05) is 0 Å². The lowest BCUT2D eigenvalue weighted by atomic mass is 10.0. The molecule has 0 aliphatic carbocycles. The second kappa shape index (κ2) is 9.77. The van der Waals surface area contributed by atoms with E-state index in [1.54, 1.807) is 0 Å². The zero-order valence-electron chi connectivity index (χ0n) is 13.6. The minimum absolute atomic E-state index is 0.0788. The number of hydrogen-bond acceptors (Lipinski definition) is 6. The van der Waals surface area contributed by atoms with Crippen LogP contribution in [0, 0.1) is 5.92 Å². The number of unbranched alkanes of at least 4 members (excludes halogenated alkanes) is 2. The number of carbonyl (C=O) groups is 2. The van der Waals surface area contributed by atoms with Crippen molar-refractivity contribution in [3.63, 3.8) is 0 Å². The lowest BCUT2D eigenvalue weighted by Gasteiger charge is -2.19. The number of anilines is 1. The number of aromatic nitrogens is 2. The molecule has 3 N–H and O–H groups in total. The average molecular weight is 363 g/mol. The Morgan fingerprint density at radius 3 is 2.60 bits per heavy atom. The molecule has 0 spiro atoms. The summed E-state index contributed by atoms with van der Waals surface area (Å²) in [5, 5.41) is 16.0. The van der Waals surface area contributed by atoms with Gasteiger partial charge in [-0.15, -0.1) is 10.2 Å². The van der Waals surface area contributed by atoms with Gasteiger partial charge in [-0.3, -0.25) is 25.6 Å². The minimum Gasteiger partial charge on any atom is -0.286 e. The van der Waals surface area contributed by atoms with Gasteiger partial charge in [-0.05, 0) is 18.6 Å². The lowest BCUT2D eigenvalue weighted by molar-refractivity contribution is -0.154. The highest BCUT2D eigenvalue weighted by Gasteiger charge is 2.32. The van der Waals surface area contributed by atoms with Crippen LogP contribution in [0.4, 0.5) is 19.0 Å². The first-order chi connectivity index (χ1) is 11.8. The number of rotatable bonds is 10. The molecule has 0 fully saturated rings. The summed E-state index contributed by atoms with van der Waals surface area (Å²) in [6, 6.07) is 1.74. The van der Waals surface area contributed by atoms with Crippen molar-refractivity contribution in [2.75, 3.05) is 12.0 Å². The maximum atomic E-state index is 12.4. The van der Waals surface area contributed by atoms with Gasteiger partial charge in [-0.25, -0.2) is 5.06 Å². The van der Waals surface area contributed by atoms with Gasteiger partial charge in [0.25, 0.3) is 0 Å². The van der Waals surface area contributed by atoms with E-state index in [0.29, 0.717) is 11.5 Å². The molecule has 0 saturated carbocycles. The topological polar surface area (TPSA) is 107 Å². The molecule has 0 radical (unpaired) electrons. The predicted octanol–water partition coefficient (Wildman–Crippen LogP) is 1.98. The smallest absolute Gasteiger partial charge is 0.286 e. The van der Waals surface area contributed by atoms with E-state index in [4.69, 9.17) is 0 Å². The maximum absolute atomic E-state index is 12.4. The third-order valence-corrected chi connectivity index (χ3v) is 3.32. The second-order valence-electron chi connectivity index (χ2n) is 5.34. The zero-order valence-corrected chi connectivity index (χ0v) is 13.6. The van der Waals surface area contributed by atoms with Crippen LogP contribution in [0.3, 0.4) is 0 Å². The van der Waals surface area contributed by atoms with Crippen molar-refractivity contribution in [1.82, 2.24) is 20.7 Å². The van der Waals surface area contributed by atoms with E-state index in [0.717, 1.165) is 31.4 Å². The molecule has 11 heteroatoms. The third-order valence-electron chi connectivity index (χ3n) is 3.32. The highest BCUT2D eigenvalue weighted by Crippen LogP contribution is 2.26. The maximum Gasteiger partial charge on any atom is 0.435 e. The summed E-state index contributed by atoms with van der Waals surface area (Å²) < 4.78 is 37.2. The quantitative estimate of drug-likeness (QED) is 0.254. The van der Waals surface area contributed by atoms with E-state index in [-0.39, 0.29) is 18.8 Å². The van der Waals surface area contributed by atoms with Crippen LogP contribution in [-0.2, 0) is 15.8 Å². The Kier molecular flexibility index (Phi) is 8.05. The van der Waals surface area contributed by atoms with Crippen molar-refractivity contribution in [2.24, 2.45) is 5.92 Å². The standard InChI is InChI=1S/C14H20F3N5O3/c1-2-3-4-5-10(8-22(25)9-23)13(24)21-20-12-7-6-11(18-19-12)14(15,16)17/h6-7,9-10,25H,2-5,8H2,1H3,(H,19,20)(H,21,24)/t10-/m0/s1. The number of hydroxylamine groups is 2. The van der Waals surface area contributed by atoms with Gasteiger partial charge >= 0.3 is 6.18 Å². The molecule has 25 heavy (non-hydrogen) atoms. The Hall–Kier alpha value is -2.43. The molecule has 0 unspecified atom stereocenters. The molecule has 0 aromatic carbocycles. The van der Waals surface area contributed by atoms with Gasteiger partial charge in [0.2, 0.25) is 12.3 Å². The van der Waals surface area contributed by atoms with Crippen LogP contribution >= 0.6 is 0 Å². The summed E-state index contributed by atoms with van der Waals surface area (Å²) in [7, 11) is 0. The fourth-order valence-electron chi connectivity index (χ4n) is 1.99. The molecule has 0 aliphatic heterocycles. The zero-order chi connectivity index (χ0) is 18.9. The van der Waals surface area contributed by atoms with Gasteiger partial charge < -0.3 is 0 Å². The van der Waals surface area contributed by atoms with Crippen molar-refractivity contribution in [3.8, 4) is 0 Å². The fourth-order valence-corrected chi connectivity index (χ4v) is 1.99. The van der Waals surface area contributed by atoms with Crippen molar-refractivity contribution >= 4 is 18.1 Å². The summed E-state index contributed by atoms with van der Waals surface area (Å²) in [4.78, 5) is 22.6. The number of hydrogen-bond donors (Lipinski definition) is 3. The molecular formula is C14H20F3N5O3. The van der Waals surface area contributed by atoms with E-state index in [1.807, 2.05) is 6.92 Å². The van der Waals surface area contributed by atoms with Crippen LogP contribution in [0.15, 0.2) is 12.1 Å². The van der Waals surface area contributed by atoms with Gasteiger partial charge in [0.15, 0.2) is 11.5 Å². The molecular weight excluding hydrogens is 343 g/mol. The second-order valence-corrected chi connectivity index (χ2v) is 5.34. The van der Waals surface area contributed by atoms with Crippen molar-refractivity contribution < 1.29 is 28.0 Å². The van der Waals surface area contributed by atoms with Crippen LogP contribution in [0.25, 0.3) is 0 Å². The first kappa shape index (κ1) is 20.6. The van der Waals surface area contributed by atoms with E-state index >= 15 is 0 Å². The number of carbonyl (C=O) groups excluding carboxylic acids is 2. The predicted molar refractivity (Wildman–Crippen MR) is 81.0 cm³/mol. The number of hydrazine groups is 1. The summed E-state index contributed by atoms with van der Waals surface area (Å²) >= 11 is 0. The number of alkyl halides is 3. The highest BCUT2D eigenvalue weighted by atomic mass is 19.4. The molecule has 1 rings (SSSR count). The largest absolute Gasteiger partial charge is 0.435 e. The highest BCUT2D eigenvalue weighted by molar-refractivity contribution is 5.80. The Balaban J connectivity index is 2.61. The normalized spacial score (nSPS) is 12.4. The Bertz CT molecular complexity index is 554. The van der Waals surface area contributed by atoms with Crippen LogP contribution in [0.2, 0.25) is 0 Å². The first-order valence-corrected chi connectivity index (χ1v) is 7.65. The molecule has 1 aromatic heterocycles. The van der Waals surface area contributed by atoms with Crippen molar-refractivity contribution in [3.05, 3.63) is 17.8 Å². The van der Waals surface area contributed by atoms with Crippen molar-refractivity contribution in [2.45, 2.75) is 38.8 Å². The molecule has 8 nitrogen and oxygen atoms in total. The van der Waals surface area contributed by atoms with E-state index < -0.39 is 23.7 Å². The summed E-state index contributed by atoms with van der Waals surface area (Å²) in [5.74, 6) is -1.29. The third kappa shape index (κ3) is 7.33. The van der Waals surface area contributed by atoms with E-state index in [2.05, 4.69) is 21.0 Å². The Morgan fingerprint density at radius 2 is 2.08 bits per heavy atom. The van der Waals surface area contributed by atoms with E-state index in [9.17, 15) is 28.0 Å². The molecule has 0 bridgehead atoms. The number of halogens is 3. The summed E-state index contributed by atoms with van der Waals surface area (Å²) in [5.41, 5.74) is 3.49. The monoisotopic (exact) mass is 363 g/mol. The Labute approximate surface area is 142 Å². The van der Waals surface area contributed by atoms with Crippen LogP contribution in [0.1, 0.15) is 38.3 Å². The van der Waals surface area contributed by atoms with Gasteiger partial charge in [-0.1, -0.05) is 26.2 Å². The fraction of sp³-hybridized carbons (Fsp3) is 0.571. The summed E-state index contributed by atoms with van der Waals surface area (Å²) in [6.07, 6.45) is -1.43. The molecule has 1 aromatic rings. The van der Waals surface area contributed by atoms with Crippen LogP contribution in [-0.4, -0.2) is 39.3 Å². The Morgan fingerprint density at radius 1 is 1.36 bits per heavy atom. The SMILES string of the molecule is CCCCC[C@@H](CN(O)C=O)C(=O)NNc1ccc(C(F)(F)F)nn1. The van der Waals surface area contributed by atoms with Gasteiger partial charge in [0.1, 0.15) is 0 Å². The minimum atomic E-state index is -4.60. The van der Waals surface area contributed by atoms with Crippen LogP contribution < -0.4 is 10.9 Å². The van der Waals surface area contributed by atoms with Gasteiger partial charge in [-0.2, -0.15) is 13.2 Å². The number of nitrogens with zero attached hydrogens (tertiary/aromatic N) is 3. The molecule has 140 valence electrons. The van der Waals surface area contributed by atoms with Crippen LogP contribution in [0.5, 0.6) is 0 Å². The molecule has 1 atom stereocenters. The number of amides is 2. The first-order valence-electron chi connectivity index (χ1n) is 7.65.